The summed E-state index contributed by atoms with van der Waals surface area (Å²) in [6.07, 6.45) is 1.50. The first-order valence-corrected chi connectivity index (χ1v) is 11.1. The first-order chi connectivity index (χ1) is 16.7. The molecule has 35 heavy (non-hydrogen) atoms. The smallest absolute Gasteiger partial charge is 0.339 e. The van der Waals surface area contributed by atoms with E-state index in [0.29, 0.717) is 34.6 Å². The third-order valence-electron chi connectivity index (χ3n) is 4.82. The van der Waals surface area contributed by atoms with E-state index in [9.17, 15) is 19.2 Å². The summed E-state index contributed by atoms with van der Waals surface area (Å²) in [5, 5.41) is 2.09. The zero-order valence-electron chi connectivity index (χ0n) is 19.2. The number of hydrogen-bond acceptors (Lipinski definition) is 9. The summed E-state index contributed by atoms with van der Waals surface area (Å²) in [6, 6.07) is 7.49. The number of imide groups is 1. The van der Waals surface area contributed by atoms with Gasteiger partial charge >= 0.3 is 5.97 Å². The number of rotatable bonds is 8. The molecule has 0 spiro atoms. The molecule has 1 heterocycles. The molecule has 0 saturated carbocycles. The SMILES string of the molecule is COC(=O)c1cc(NC(=O)CN2C(=O)S/C(=C/c3cc(OC)c(OC)c(OC)c3)C2=O)ccc1Cl. The molecule has 3 rings (SSSR count). The van der Waals surface area contributed by atoms with Crippen molar-refractivity contribution in [2.75, 3.05) is 40.3 Å². The third-order valence-corrected chi connectivity index (χ3v) is 6.05. The van der Waals surface area contributed by atoms with Crippen LogP contribution in [-0.2, 0) is 14.3 Å². The van der Waals surface area contributed by atoms with Crippen LogP contribution in [0.1, 0.15) is 15.9 Å². The number of carbonyl (C=O) groups is 4. The van der Waals surface area contributed by atoms with E-state index < -0.39 is 29.6 Å². The van der Waals surface area contributed by atoms with E-state index in [1.54, 1.807) is 12.1 Å². The minimum Gasteiger partial charge on any atom is -0.493 e. The molecule has 1 saturated heterocycles. The van der Waals surface area contributed by atoms with Crippen molar-refractivity contribution >= 4 is 58.1 Å². The van der Waals surface area contributed by atoms with Crippen molar-refractivity contribution in [3.05, 3.63) is 51.4 Å². The van der Waals surface area contributed by atoms with Gasteiger partial charge in [0, 0.05) is 5.69 Å². The summed E-state index contributed by atoms with van der Waals surface area (Å²) < 4.78 is 20.5. The van der Waals surface area contributed by atoms with Gasteiger partial charge in [0.25, 0.3) is 11.1 Å². The highest BCUT2D eigenvalue weighted by Crippen LogP contribution is 2.40. The summed E-state index contributed by atoms with van der Waals surface area (Å²) >= 11 is 6.68. The van der Waals surface area contributed by atoms with Gasteiger partial charge < -0.3 is 24.3 Å². The fourth-order valence-electron chi connectivity index (χ4n) is 3.19. The van der Waals surface area contributed by atoms with Gasteiger partial charge in [0.2, 0.25) is 11.7 Å². The van der Waals surface area contributed by atoms with Gasteiger partial charge in [-0.25, -0.2) is 4.79 Å². The lowest BCUT2D eigenvalue weighted by Crippen LogP contribution is -2.36. The van der Waals surface area contributed by atoms with E-state index in [1.807, 2.05) is 0 Å². The van der Waals surface area contributed by atoms with Crippen molar-refractivity contribution in [3.8, 4) is 17.2 Å². The largest absolute Gasteiger partial charge is 0.493 e. The van der Waals surface area contributed by atoms with Crippen LogP contribution in [0.15, 0.2) is 35.2 Å². The topological polar surface area (TPSA) is 120 Å². The fourth-order valence-corrected chi connectivity index (χ4v) is 4.22. The van der Waals surface area contributed by atoms with Gasteiger partial charge in [0.1, 0.15) is 6.54 Å². The Balaban J connectivity index is 1.77. The second-order valence-corrected chi connectivity index (χ2v) is 8.36. The lowest BCUT2D eigenvalue weighted by atomic mass is 10.1. The minimum absolute atomic E-state index is 0.0615. The quantitative estimate of drug-likeness (QED) is 0.409. The van der Waals surface area contributed by atoms with Gasteiger partial charge in [0.15, 0.2) is 11.5 Å². The normalized spacial score (nSPS) is 14.2. The van der Waals surface area contributed by atoms with Crippen LogP contribution in [-0.4, -0.2) is 62.9 Å². The van der Waals surface area contributed by atoms with Gasteiger partial charge in [-0.15, -0.1) is 0 Å². The van der Waals surface area contributed by atoms with Crippen molar-refractivity contribution in [1.82, 2.24) is 4.90 Å². The lowest BCUT2D eigenvalue weighted by molar-refractivity contribution is -0.127. The maximum absolute atomic E-state index is 12.8. The number of benzene rings is 2. The molecule has 0 radical (unpaired) electrons. The number of esters is 1. The Hall–Kier alpha value is -3.70. The van der Waals surface area contributed by atoms with Crippen molar-refractivity contribution < 1.29 is 38.1 Å². The van der Waals surface area contributed by atoms with Gasteiger partial charge in [-0.3, -0.25) is 19.3 Å². The molecule has 12 heteroatoms. The number of anilines is 1. The number of methoxy groups -OCH3 is 4. The summed E-state index contributed by atoms with van der Waals surface area (Å²) in [5.41, 5.74) is 0.845. The molecule has 0 bridgehead atoms. The highest BCUT2D eigenvalue weighted by molar-refractivity contribution is 8.18. The van der Waals surface area contributed by atoms with E-state index in [4.69, 9.17) is 25.8 Å². The number of nitrogens with one attached hydrogen (secondary N) is 1. The van der Waals surface area contributed by atoms with Crippen molar-refractivity contribution in [1.29, 1.82) is 0 Å². The number of carbonyl (C=O) groups excluding carboxylic acids is 4. The van der Waals surface area contributed by atoms with Crippen LogP contribution in [0.2, 0.25) is 5.02 Å². The number of halogens is 1. The molecule has 2 aromatic rings. The molecule has 3 amide bonds. The molecule has 184 valence electrons. The van der Waals surface area contributed by atoms with Gasteiger partial charge in [-0.2, -0.15) is 0 Å². The molecule has 1 aliphatic rings. The third kappa shape index (κ3) is 5.69. The summed E-state index contributed by atoms with van der Waals surface area (Å²) in [4.78, 5) is 50.5. The molecule has 1 aliphatic heterocycles. The molecule has 0 unspecified atom stereocenters. The molecule has 2 aromatic carbocycles. The monoisotopic (exact) mass is 520 g/mol. The first-order valence-electron chi connectivity index (χ1n) is 9.95. The maximum atomic E-state index is 12.8. The second-order valence-electron chi connectivity index (χ2n) is 6.96. The van der Waals surface area contributed by atoms with Crippen LogP contribution in [0.4, 0.5) is 10.5 Å². The van der Waals surface area contributed by atoms with Crippen molar-refractivity contribution in [3.63, 3.8) is 0 Å². The Bertz CT molecular complexity index is 1200. The van der Waals surface area contributed by atoms with Crippen molar-refractivity contribution in [2.24, 2.45) is 0 Å². The maximum Gasteiger partial charge on any atom is 0.339 e. The Labute approximate surface area is 210 Å². The highest BCUT2D eigenvalue weighted by Gasteiger charge is 2.36. The highest BCUT2D eigenvalue weighted by atomic mass is 35.5. The van der Waals surface area contributed by atoms with E-state index in [1.165, 1.54) is 52.7 Å². The molecular formula is C23H21ClN2O8S. The predicted octanol–water partition coefficient (Wildman–Crippen LogP) is 3.83. The average molecular weight is 521 g/mol. The Kier molecular flexibility index (Phi) is 8.26. The minimum atomic E-state index is -0.672. The molecular weight excluding hydrogens is 500 g/mol. The number of hydrogen-bond donors (Lipinski definition) is 1. The summed E-state index contributed by atoms with van der Waals surface area (Å²) in [6.45, 7) is -0.520. The molecule has 10 nitrogen and oxygen atoms in total. The molecule has 0 atom stereocenters. The molecule has 0 aromatic heterocycles. The first kappa shape index (κ1) is 25.9. The zero-order chi connectivity index (χ0) is 25.7. The molecule has 0 aliphatic carbocycles. The van der Waals surface area contributed by atoms with Crippen LogP contribution in [0.3, 0.4) is 0 Å². The van der Waals surface area contributed by atoms with Gasteiger partial charge in [0.05, 0.1) is 43.9 Å². The van der Waals surface area contributed by atoms with Crippen LogP contribution >= 0.6 is 23.4 Å². The zero-order valence-corrected chi connectivity index (χ0v) is 20.7. The summed E-state index contributed by atoms with van der Waals surface area (Å²) in [5.74, 6) is -0.796. The van der Waals surface area contributed by atoms with Crippen LogP contribution in [0.5, 0.6) is 17.2 Å². The van der Waals surface area contributed by atoms with Crippen molar-refractivity contribution in [2.45, 2.75) is 0 Å². The lowest BCUT2D eigenvalue weighted by Gasteiger charge is -2.13. The van der Waals surface area contributed by atoms with E-state index in [2.05, 4.69) is 10.1 Å². The Morgan fingerprint density at radius 3 is 2.26 bits per heavy atom. The predicted molar refractivity (Wildman–Crippen MR) is 130 cm³/mol. The number of ether oxygens (including phenoxy) is 4. The second kappa shape index (κ2) is 11.2. The van der Waals surface area contributed by atoms with Gasteiger partial charge in [-0.05, 0) is 53.7 Å². The molecule has 1 fully saturated rings. The number of nitrogens with zero attached hydrogens (tertiary/aromatic N) is 1. The van der Waals surface area contributed by atoms with Crippen LogP contribution in [0, 0.1) is 0 Å². The fraction of sp³-hybridized carbons (Fsp3) is 0.217. The molecule has 1 N–H and O–H groups in total. The van der Waals surface area contributed by atoms with E-state index in [-0.39, 0.29) is 21.2 Å². The van der Waals surface area contributed by atoms with Gasteiger partial charge in [-0.1, -0.05) is 11.6 Å². The number of amides is 3. The average Bonchev–Trinajstić information content (AvgIpc) is 3.11. The van der Waals surface area contributed by atoms with E-state index >= 15 is 0 Å². The summed E-state index contributed by atoms with van der Waals surface area (Å²) in [7, 11) is 5.59. The number of thioether (sulfide) groups is 1. The van der Waals surface area contributed by atoms with Crippen LogP contribution in [0.25, 0.3) is 6.08 Å². The van der Waals surface area contributed by atoms with E-state index in [0.717, 1.165) is 4.90 Å². The standard InChI is InChI=1S/C23H21ClN2O8S/c1-31-16-7-12(8-17(32-2)20(16)33-3)9-18-21(28)26(23(30)35-18)11-19(27)25-13-5-6-15(24)14(10-13)22(29)34-4/h5-10H,11H2,1-4H3,(H,25,27)/b18-9+. The Morgan fingerprint density at radius 1 is 1.03 bits per heavy atom. The Morgan fingerprint density at radius 2 is 1.69 bits per heavy atom. The van der Waals surface area contributed by atoms with Crippen LogP contribution < -0.4 is 19.5 Å².